The molecule has 0 bridgehead atoms. The van der Waals surface area contributed by atoms with E-state index in [1.807, 2.05) is 0 Å². The van der Waals surface area contributed by atoms with Crippen LogP contribution in [0.15, 0.2) is 59.1 Å². The van der Waals surface area contributed by atoms with Crippen LogP contribution in [-0.2, 0) is 4.79 Å². The molecule has 3 rings (SSSR count). The Morgan fingerprint density at radius 3 is 2.12 bits per heavy atom. The topological polar surface area (TPSA) is 104 Å². The van der Waals surface area contributed by atoms with E-state index in [1.165, 1.54) is 42.5 Å². The number of amides is 1. The number of anilines is 1. The van der Waals surface area contributed by atoms with E-state index >= 15 is 0 Å². The Morgan fingerprint density at radius 2 is 1.61 bits per heavy atom. The summed E-state index contributed by atoms with van der Waals surface area (Å²) >= 11 is 3.97. The Morgan fingerprint density at radius 1 is 1.00 bits per heavy atom. The molecule has 1 amide bonds. The lowest BCUT2D eigenvalue weighted by Gasteiger charge is -2.25. The van der Waals surface area contributed by atoms with Gasteiger partial charge in [-0.15, -0.1) is 24.5 Å². The number of carbonyl (C=O) groups excluding carboxylic acids is 1. The first-order valence-electron chi connectivity index (χ1n) is 8.97. The van der Waals surface area contributed by atoms with Gasteiger partial charge in [-0.25, -0.2) is 14.5 Å². The Hall–Kier alpha value is -3.38. The van der Waals surface area contributed by atoms with E-state index in [-0.39, 0.29) is 31.3 Å². The third-order valence-corrected chi connectivity index (χ3v) is 6.44. The number of carboxylic acids is 2. The van der Waals surface area contributed by atoms with Crippen molar-refractivity contribution >= 4 is 50.8 Å². The van der Waals surface area contributed by atoms with Crippen molar-refractivity contribution in [2.75, 3.05) is 11.5 Å². The standard InChI is InChI=1S/C21H13BrF3NO6S/c22-15-16(32-10-14(27)28)18(20(30)31)33-17(15)11-6-8-12(9-7-11)19(29)26(21(23,24)25)13-4-2-1-3-5-13/h1-9H,10H2,(H,27,28)(H,30,31). The van der Waals surface area contributed by atoms with E-state index < -0.39 is 30.8 Å². The third-order valence-electron chi connectivity index (χ3n) is 4.21. The molecule has 1 heterocycles. The molecule has 2 aromatic carbocycles. The van der Waals surface area contributed by atoms with Crippen molar-refractivity contribution in [3.8, 4) is 16.2 Å². The number of para-hydroxylation sites is 1. The summed E-state index contributed by atoms with van der Waals surface area (Å²) in [6.45, 7) is -0.769. The van der Waals surface area contributed by atoms with Crippen molar-refractivity contribution in [1.82, 2.24) is 0 Å². The van der Waals surface area contributed by atoms with E-state index in [1.54, 1.807) is 0 Å². The molecule has 2 N–H and O–H groups in total. The van der Waals surface area contributed by atoms with Crippen LogP contribution in [0.4, 0.5) is 18.9 Å². The van der Waals surface area contributed by atoms with Crippen LogP contribution in [0.5, 0.6) is 5.75 Å². The van der Waals surface area contributed by atoms with Crippen molar-refractivity contribution in [1.29, 1.82) is 0 Å². The van der Waals surface area contributed by atoms with Gasteiger partial charge in [0, 0.05) is 5.56 Å². The van der Waals surface area contributed by atoms with Crippen LogP contribution in [0, 0.1) is 0 Å². The monoisotopic (exact) mass is 543 g/mol. The molecule has 0 aliphatic rings. The summed E-state index contributed by atoms with van der Waals surface area (Å²) in [4.78, 5) is 34.7. The molecule has 0 aliphatic heterocycles. The normalized spacial score (nSPS) is 11.2. The lowest BCUT2D eigenvalue weighted by Crippen LogP contribution is -2.43. The number of benzene rings is 2. The third kappa shape index (κ3) is 5.34. The highest BCUT2D eigenvalue weighted by Crippen LogP contribution is 2.45. The number of halogens is 4. The Labute approximate surface area is 196 Å². The second-order valence-corrected chi connectivity index (χ2v) is 8.23. The number of alkyl halides is 3. The first kappa shape index (κ1) is 24.3. The van der Waals surface area contributed by atoms with E-state index in [0.717, 1.165) is 23.5 Å². The zero-order valence-electron chi connectivity index (χ0n) is 16.3. The fourth-order valence-electron chi connectivity index (χ4n) is 2.83. The van der Waals surface area contributed by atoms with Gasteiger partial charge in [0.15, 0.2) is 17.2 Å². The molecular formula is C21H13BrF3NO6S. The van der Waals surface area contributed by atoms with Crippen LogP contribution >= 0.6 is 27.3 Å². The number of thiophene rings is 1. The number of aromatic carboxylic acids is 1. The summed E-state index contributed by atoms with van der Waals surface area (Å²) in [6.07, 6.45) is -4.96. The van der Waals surface area contributed by atoms with Crippen molar-refractivity contribution in [2.45, 2.75) is 6.30 Å². The van der Waals surface area contributed by atoms with Crippen molar-refractivity contribution in [3.63, 3.8) is 0 Å². The molecule has 0 fully saturated rings. The lowest BCUT2D eigenvalue weighted by atomic mass is 10.1. The van der Waals surface area contributed by atoms with Gasteiger partial charge in [-0.3, -0.25) is 4.79 Å². The van der Waals surface area contributed by atoms with Crippen molar-refractivity contribution < 1.29 is 42.5 Å². The Bertz CT molecular complexity index is 1200. The maximum Gasteiger partial charge on any atom is 0.491 e. The van der Waals surface area contributed by atoms with Crippen LogP contribution < -0.4 is 9.64 Å². The average Bonchev–Trinajstić information content (AvgIpc) is 3.08. The predicted octanol–water partition coefficient (Wildman–Crippen LogP) is 5.51. The molecule has 0 unspecified atom stereocenters. The highest BCUT2D eigenvalue weighted by molar-refractivity contribution is 9.10. The molecule has 12 heteroatoms. The molecule has 33 heavy (non-hydrogen) atoms. The highest BCUT2D eigenvalue weighted by Gasteiger charge is 2.42. The minimum atomic E-state index is -4.96. The number of ether oxygens (including phenoxy) is 1. The first-order valence-corrected chi connectivity index (χ1v) is 10.6. The van der Waals surface area contributed by atoms with E-state index in [0.29, 0.717) is 10.4 Å². The lowest BCUT2D eigenvalue weighted by molar-refractivity contribution is -0.139. The smallest absolute Gasteiger partial charge is 0.479 e. The number of hydrogen-bond acceptors (Lipinski definition) is 5. The van der Waals surface area contributed by atoms with E-state index in [2.05, 4.69) is 15.9 Å². The Balaban J connectivity index is 1.96. The van der Waals surface area contributed by atoms with Gasteiger partial charge < -0.3 is 14.9 Å². The van der Waals surface area contributed by atoms with Gasteiger partial charge in [0.2, 0.25) is 0 Å². The van der Waals surface area contributed by atoms with E-state index in [9.17, 15) is 32.7 Å². The zero-order chi connectivity index (χ0) is 24.3. The van der Waals surface area contributed by atoms with Crippen LogP contribution in [-0.4, -0.2) is 41.0 Å². The van der Waals surface area contributed by atoms with E-state index in [4.69, 9.17) is 9.84 Å². The molecule has 0 atom stereocenters. The second kappa shape index (κ2) is 9.63. The fourth-order valence-corrected chi connectivity index (χ4v) is 4.73. The van der Waals surface area contributed by atoms with Gasteiger partial charge in [-0.05, 0) is 45.8 Å². The van der Waals surface area contributed by atoms with Crippen LogP contribution in [0.3, 0.4) is 0 Å². The minimum Gasteiger partial charge on any atom is -0.479 e. The van der Waals surface area contributed by atoms with Gasteiger partial charge in [-0.1, -0.05) is 30.3 Å². The molecule has 0 aliphatic carbocycles. The minimum absolute atomic E-state index is 0.173. The molecule has 172 valence electrons. The quantitative estimate of drug-likeness (QED) is 0.381. The number of carboxylic acid groups (broad SMARTS) is 2. The largest absolute Gasteiger partial charge is 0.491 e. The SMILES string of the molecule is O=C(O)COc1c(C(=O)O)sc(-c2ccc(C(=O)N(c3ccccc3)C(F)(F)F)cc2)c1Br. The van der Waals surface area contributed by atoms with Crippen LogP contribution in [0.1, 0.15) is 20.0 Å². The summed E-state index contributed by atoms with van der Waals surface area (Å²) in [7, 11) is 0. The number of nitrogens with zero attached hydrogens (tertiary/aromatic N) is 1. The average molecular weight is 544 g/mol. The molecule has 3 aromatic rings. The molecule has 0 radical (unpaired) electrons. The summed E-state index contributed by atoms with van der Waals surface area (Å²) in [5.41, 5.74) is -0.200. The maximum atomic E-state index is 13.6. The fraction of sp³-hybridized carbons (Fsp3) is 0.0952. The molecule has 0 saturated carbocycles. The van der Waals surface area contributed by atoms with Gasteiger partial charge >= 0.3 is 18.2 Å². The maximum absolute atomic E-state index is 13.6. The van der Waals surface area contributed by atoms with Crippen molar-refractivity contribution in [3.05, 3.63) is 69.5 Å². The summed E-state index contributed by atoms with van der Waals surface area (Å²) in [6, 6.07) is 11.7. The summed E-state index contributed by atoms with van der Waals surface area (Å²) < 4.78 is 46.0. The molecule has 7 nitrogen and oxygen atoms in total. The highest BCUT2D eigenvalue weighted by atomic mass is 79.9. The van der Waals surface area contributed by atoms with Crippen molar-refractivity contribution in [2.24, 2.45) is 0 Å². The second-order valence-electron chi connectivity index (χ2n) is 6.41. The summed E-state index contributed by atoms with van der Waals surface area (Å²) in [5, 5.41) is 18.2. The number of hydrogen-bond donors (Lipinski definition) is 2. The van der Waals surface area contributed by atoms with Gasteiger partial charge in [0.25, 0.3) is 5.91 Å². The molecule has 0 spiro atoms. The zero-order valence-corrected chi connectivity index (χ0v) is 18.7. The molecular weight excluding hydrogens is 531 g/mol. The van der Waals surface area contributed by atoms with Crippen LogP contribution in [0.2, 0.25) is 0 Å². The van der Waals surface area contributed by atoms with Gasteiger partial charge in [-0.2, -0.15) is 0 Å². The number of rotatable bonds is 7. The number of carbonyl (C=O) groups is 3. The van der Waals surface area contributed by atoms with Gasteiger partial charge in [0.1, 0.15) is 0 Å². The van der Waals surface area contributed by atoms with Crippen LogP contribution in [0.25, 0.3) is 10.4 Å². The molecule has 0 saturated heterocycles. The first-order chi connectivity index (χ1) is 15.5. The Kier molecular flexibility index (Phi) is 7.08. The predicted molar refractivity (Wildman–Crippen MR) is 117 cm³/mol. The van der Waals surface area contributed by atoms with Gasteiger partial charge in [0.05, 0.1) is 15.0 Å². The number of aliphatic carboxylic acids is 1. The summed E-state index contributed by atoms with van der Waals surface area (Å²) in [5.74, 6) is -4.12. The molecule has 1 aromatic heterocycles.